The Kier molecular flexibility index (Phi) is 27.6. The highest BCUT2D eigenvalue weighted by Crippen LogP contribution is 2.24. The van der Waals surface area contributed by atoms with Crippen LogP contribution in [0.15, 0.2) is 0 Å². The lowest BCUT2D eigenvalue weighted by Gasteiger charge is -2.24. The van der Waals surface area contributed by atoms with Crippen molar-refractivity contribution in [2.24, 2.45) is 0 Å². The van der Waals surface area contributed by atoms with Gasteiger partial charge in [0.05, 0.1) is 6.61 Å². The van der Waals surface area contributed by atoms with Crippen LogP contribution in [0.2, 0.25) is 0 Å². The number of nitrogens with zero attached hydrogens (tertiary/aromatic N) is 2. The summed E-state index contributed by atoms with van der Waals surface area (Å²) in [5, 5.41) is 0. The number of hydrogen-bond donors (Lipinski definition) is 0. The SMILES string of the molecule is CCCCCCCCCCCCCC(=O)O[C@@H]1[C@@H](OC(=O)CCCCCCCCCCCCC)CO[C@@H]1COC(=O)N(C)CCN(C)C. The molecule has 0 radical (unpaired) electrons. The molecule has 0 saturated carbocycles. The molecule has 1 fully saturated rings. The number of unbranched alkanes of at least 4 members (excludes halogenated alkanes) is 20. The van der Waals surface area contributed by atoms with Gasteiger partial charge in [-0.3, -0.25) is 9.59 Å². The Bertz CT molecular complexity index is 809. The second kappa shape index (κ2) is 30.0. The number of ether oxygens (including phenoxy) is 4. The van der Waals surface area contributed by atoms with Crippen molar-refractivity contribution < 1.29 is 33.3 Å². The number of hydrogen-bond acceptors (Lipinski definition) is 8. The van der Waals surface area contributed by atoms with E-state index in [2.05, 4.69) is 13.8 Å². The average Bonchev–Trinajstić information content (AvgIpc) is 3.43. The molecular formula is C39H74N2O7. The molecule has 48 heavy (non-hydrogen) atoms. The number of amides is 1. The average molecular weight is 683 g/mol. The van der Waals surface area contributed by atoms with Gasteiger partial charge in [-0.05, 0) is 26.9 Å². The molecule has 1 amide bonds. The first-order chi connectivity index (χ1) is 23.3. The van der Waals surface area contributed by atoms with Crippen molar-refractivity contribution in [1.82, 2.24) is 9.80 Å². The van der Waals surface area contributed by atoms with Gasteiger partial charge >= 0.3 is 18.0 Å². The van der Waals surface area contributed by atoms with Gasteiger partial charge in [0, 0.05) is 33.0 Å². The van der Waals surface area contributed by atoms with Gasteiger partial charge < -0.3 is 28.7 Å². The molecule has 0 aromatic carbocycles. The van der Waals surface area contributed by atoms with E-state index < -0.39 is 24.4 Å². The Morgan fingerprint density at radius 1 is 0.583 bits per heavy atom. The maximum Gasteiger partial charge on any atom is 0.409 e. The molecule has 0 spiro atoms. The predicted octanol–water partition coefficient (Wildman–Crippen LogP) is 9.24. The number of rotatable bonds is 31. The zero-order valence-electron chi connectivity index (χ0n) is 31.8. The van der Waals surface area contributed by atoms with Crippen molar-refractivity contribution in [1.29, 1.82) is 0 Å². The maximum atomic E-state index is 12.9. The first kappa shape index (κ1) is 44.2. The van der Waals surface area contributed by atoms with Gasteiger partial charge in [0.1, 0.15) is 12.7 Å². The first-order valence-corrected chi connectivity index (χ1v) is 19.8. The van der Waals surface area contributed by atoms with Gasteiger partial charge in [0.25, 0.3) is 0 Å². The molecule has 0 unspecified atom stereocenters. The zero-order valence-corrected chi connectivity index (χ0v) is 31.8. The number of likely N-dealkylation sites (N-methyl/N-ethyl adjacent to an activating group) is 2. The molecule has 0 bridgehead atoms. The monoisotopic (exact) mass is 683 g/mol. The van der Waals surface area contributed by atoms with Crippen LogP contribution in [0.25, 0.3) is 0 Å². The third-order valence-corrected chi connectivity index (χ3v) is 9.29. The summed E-state index contributed by atoms with van der Waals surface area (Å²) in [6.45, 7) is 5.76. The maximum absolute atomic E-state index is 12.9. The van der Waals surface area contributed by atoms with E-state index in [1.807, 2.05) is 19.0 Å². The third kappa shape index (κ3) is 23.5. The van der Waals surface area contributed by atoms with E-state index in [0.29, 0.717) is 25.9 Å². The van der Waals surface area contributed by atoms with Gasteiger partial charge in [-0.15, -0.1) is 0 Å². The van der Waals surface area contributed by atoms with Gasteiger partial charge in [0.2, 0.25) is 0 Å². The van der Waals surface area contributed by atoms with Crippen LogP contribution in [-0.2, 0) is 28.5 Å². The molecule has 0 aromatic heterocycles. The van der Waals surface area contributed by atoms with Crippen molar-refractivity contribution in [3.8, 4) is 0 Å². The zero-order chi connectivity index (χ0) is 35.2. The van der Waals surface area contributed by atoms with Crippen LogP contribution in [0, 0.1) is 0 Å². The highest BCUT2D eigenvalue weighted by molar-refractivity contribution is 5.71. The first-order valence-electron chi connectivity index (χ1n) is 19.8. The Hall–Kier alpha value is -1.87. The Labute approximate surface area is 294 Å². The van der Waals surface area contributed by atoms with Crippen LogP contribution < -0.4 is 0 Å². The molecular weight excluding hydrogens is 608 g/mol. The molecule has 1 rings (SSSR count). The van der Waals surface area contributed by atoms with Crippen LogP contribution in [-0.4, -0.2) is 93.6 Å². The fraction of sp³-hybridized carbons (Fsp3) is 0.923. The highest BCUT2D eigenvalue weighted by atomic mass is 16.6. The Balaban J connectivity index is 2.46. The second-order valence-corrected chi connectivity index (χ2v) is 14.2. The lowest BCUT2D eigenvalue weighted by Crippen LogP contribution is -2.41. The second-order valence-electron chi connectivity index (χ2n) is 14.2. The number of carbonyl (C=O) groups is 3. The molecule has 9 heteroatoms. The number of carbonyl (C=O) groups excluding carboxylic acids is 3. The van der Waals surface area contributed by atoms with E-state index in [0.717, 1.165) is 38.5 Å². The minimum atomic E-state index is -0.800. The van der Waals surface area contributed by atoms with Crippen LogP contribution >= 0.6 is 0 Å². The molecule has 0 N–H and O–H groups in total. The van der Waals surface area contributed by atoms with E-state index in [1.165, 1.54) is 108 Å². The van der Waals surface area contributed by atoms with Gasteiger partial charge in [-0.1, -0.05) is 142 Å². The van der Waals surface area contributed by atoms with Crippen LogP contribution in [0.3, 0.4) is 0 Å². The minimum absolute atomic E-state index is 0.0752. The molecule has 9 nitrogen and oxygen atoms in total. The fourth-order valence-corrected chi connectivity index (χ4v) is 6.05. The van der Waals surface area contributed by atoms with Crippen LogP contribution in [0.1, 0.15) is 168 Å². The van der Waals surface area contributed by atoms with E-state index in [9.17, 15) is 14.4 Å². The predicted molar refractivity (Wildman–Crippen MR) is 194 cm³/mol. The summed E-state index contributed by atoms with van der Waals surface area (Å²) in [7, 11) is 5.57. The van der Waals surface area contributed by atoms with E-state index in [1.54, 1.807) is 7.05 Å². The summed E-state index contributed by atoms with van der Waals surface area (Å²) in [6, 6.07) is 0. The van der Waals surface area contributed by atoms with E-state index in [4.69, 9.17) is 18.9 Å². The molecule has 0 aromatic rings. The lowest BCUT2D eigenvalue weighted by molar-refractivity contribution is -0.166. The molecule has 1 saturated heterocycles. The third-order valence-electron chi connectivity index (χ3n) is 9.29. The summed E-state index contributed by atoms with van der Waals surface area (Å²) in [6.07, 6.45) is 24.6. The molecule has 1 heterocycles. The summed E-state index contributed by atoms with van der Waals surface area (Å²) < 4.78 is 23.0. The molecule has 1 aliphatic heterocycles. The highest BCUT2D eigenvalue weighted by Gasteiger charge is 2.43. The Morgan fingerprint density at radius 2 is 1.00 bits per heavy atom. The van der Waals surface area contributed by atoms with Gasteiger partial charge in [-0.2, -0.15) is 0 Å². The van der Waals surface area contributed by atoms with E-state index in [-0.39, 0.29) is 25.2 Å². The molecule has 1 aliphatic rings. The summed E-state index contributed by atoms with van der Waals surface area (Å²) in [4.78, 5) is 41.7. The fourth-order valence-electron chi connectivity index (χ4n) is 6.05. The lowest BCUT2D eigenvalue weighted by atomic mass is 10.1. The van der Waals surface area contributed by atoms with Crippen molar-refractivity contribution in [2.75, 3.05) is 47.4 Å². The summed E-state index contributed by atoms with van der Waals surface area (Å²) in [5.41, 5.74) is 0. The molecule has 3 atom stereocenters. The van der Waals surface area contributed by atoms with E-state index >= 15 is 0 Å². The standard InChI is InChI=1S/C39H74N2O7/c1-6-8-10-12-14-16-18-20-22-24-26-28-36(42)47-35-33-45-34(32-46-39(44)41(5)31-30-40(3)4)38(35)48-37(43)29-27-25-23-21-19-17-15-13-11-9-7-2/h34-35,38H,6-33H2,1-5H3/t34-,35+,38+/m1/s1. The normalized spacial score (nSPS) is 17.5. The van der Waals surface area contributed by atoms with Crippen molar-refractivity contribution in [3.05, 3.63) is 0 Å². The molecule has 282 valence electrons. The minimum Gasteiger partial charge on any atom is -0.456 e. The molecule has 0 aliphatic carbocycles. The summed E-state index contributed by atoms with van der Waals surface area (Å²) >= 11 is 0. The topological polar surface area (TPSA) is 94.6 Å². The van der Waals surface area contributed by atoms with Gasteiger partial charge in [0.15, 0.2) is 12.2 Å². The van der Waals surface area contributed by atoms with Crippen LogP contribution in [0.5, 0.6) is 0 Å². The van der Waals surface area contributed by atoms with Crippen LogP contribution in [0.4, 0.5) is 4.79 Å². The summed E-state index contributed by atoms with van der Waals surface area (Å²) in [5.74, 6) is -0.626. The Morgan fingerprint density at radius 3 is 1.44 bits per heavy atom. The smallest absolute Gasteiger partial charge is 0.409 e. The van der Waals surface area contributed by atoms with Crippen molar-refractivity contribution in [3.63, 3.8) is 0 Å². The number of esters is 2. The van der Waals surface area contributed by atoms with Crippen molar-refractivity contribution in [2.45, 2.75) is 186 Å². The van der Waals surface area contributed by atoms with Crippen molar-refractivity contribution >= 4 is 18.0 Å². The van der Waals surface area contributed by atoms with Gasteiger partial charge in [-0.25, -0.2) is 4.79 Å². The largest absolute Gasteiger partial charge is 0.456 e. The quantitative estimate of drug-likeness (QED) is 0.0406.